The van der Waals surface area contributed by atoms with Crippen molar-refractivity contribution in [3.8, 4) is 22.6 Å². The van der Waals surface area contributed by atoms with Crippen LogP contribution in [0.3, 0.4) is 0 Å². The van der Waals surface area contributed by atoms with Crippen LogP contribution in [0.4, 0.5) is 0 Å². The molecule has 4 aromatic carbocycles. The zero-order valence-electron chi connectivity index (χ0n) is 23.3. The van der Waals surface area contributed by atoms with Gasteiger partial charge in [-0.15, -0.1) is 0 Å². The Labute approximate surface area is 237 Å². The topological polar surface area (TPSA) is 58.6 Å². The number of rotatable bonds is 11. The second kappa shape index (κ2) is 14.5. The summed E-state index contributed by atoms with van der Waals surface area (Å²) in [4.78, 5) is 13.0. The minimum Gasteiger partial charge on any atom is -0.507 e. The van der Waals surface area contributed by atoms with Crippen molar-refractivity contribution in [2.24, 2.45) is 0 Å². The van der Waals surface area contributed by atoms with Crippen LogP contribution in [-0.2, 0) is 13.0 Å². The molecule has 0 aliphatic carbocycles. The second-order valence-electron chi connectivity index (χ2n) is 9.63. The number of carbonyl (C=O) groups is 1. The predicted molar refractivity (Wildman–Crippen MR) is 165 cm³/mol. The van der Waals surface area contributed by atoms with Crippen LogP contribution in [0.1, 0.15) is 48.2 Å². The number of phenolic OH excluding ortho intramolecular Hbond substituents is 1. The van der Waals surface area contributed by atoms with Gasteiger partial charge in [-0.3, -0.25) is 4.79 Å². The highest BCUT2D eigenvalue weighted by Gasteiger charge is 2.14. The molecule has 1 amide bonds. The van der Waals surface area contributed by atoms with Crippen molar-refractivity contribution in [1.29, 1.82) is 0 Å². The van der Waals surface area contributed by atoms with E-state index in [1.807, 2.05) is 98.8 Å². The van der Waals surface area contributed by atoms with Crippen LogP contribution < -0.4 is 20.5 Å². The van der Waals surface area contributed by atoms with Gasteiger partial charge in [-0.2, -0.15) is 0 Å². The van der Waals surface area contributed by atoms with Crippen LogP contribution in [0.15, 0.2) is 103 Å². The highest BCUT2D eigenvalue weighted by atomic mass is 16.5. The van der Waals surface area contributed by atoms with Crippen molar-refractivity contribution in [3.63, 3.8) is 0 Å². The summed E-state index contributed by atoms with van der Waals surface area (Å²) in [6.45, 7) is 4.96. The number of phenols is 1. The monoisotopic (exact) mass is 531 g/mol. The Kier molecular flexibility index (Phi) is 10.3. The molecular formula is C36H37NO3. The van der Waals surface area contributed by atoms with Crippen LogP contribution >= 0.6 is 0 Å². The summed E-state index contributed by atoms with van der Waals surface area (Å²) < 4.78 is 6.30. The number of benzene rings is 4. The molecule has 0 bridgehead atoms. The fourth-order valence-electron chi connectivity index (χ4n) is 4.58. The number of hydrogen-bond donors (Lipinski definition) is 2. The Hall–Kier alpha value is -4.57. The minimum absolute atomic E-state index is 0.137. The molecule has 4 nitrogen and oxygen atoms in total. The van der Waals surface area contributed by atoms with E-state index in [0.29, 0.717) is 24.5 Å². The van der Waals surface area contributed by atoms with Gasteiger partial charge in [-0.05, 0) is 78.4 Å². The minimum atomic E-state index is -0.137. The molecule has 204 valence electrons. The fraction of sp³-hybridized carbons (Fsp3) is 0.194. The Balaban J connectivity index is 1.63. The third kappa shape index (κ3) is 7.73. The first kappa shape index (κ1) is 28.4. The van der Waals surface area contributed by atoms with Crippen molar-refractivity contribution in [2.45, 2.75) is 39.7 Å². The van der Waals surface area contributed by atoms with Crippen molar-refractivity contribution in [2.75, 3.05) is 6.54 Å². The number of carbonyl (C=O) groups excluding carboxylic acids is 1. The lowest BCUT2D eigenvalue weighted by Gasteiger charge is -2.15. The quantitative estimate of drug-likeness (QED) is 0.216. The number of nitrogens with one attached hydrogen (secondary N) is 1. The molecule has 0 heterocycles. The molecule has 0 aliphatic heterocycles. The predicted octanol–water partition coefficient (Wildman–Crippen LogP) is 6.55. The van der Waals surface area contributed by atoms with E-state index in [-0.39, 0.29) is 11.7 Å². The van der Waals surface area contributed by atoms with E-state index in [4.69, 9.17) is 4.74 Å². The Morgan fingerprint density at radius 1 is 0.925 bits per heavy atom. The SMILES string of the molecule is C\C=C/C=c1/cc(-c2ccc(C(=O)NCCCc3ccccc3)cc2OCc2ccccc2)cc(O)/c1=C\CC. The summed E-state index contributed by atoms with van der Waals surface area (Å²) in [5.41, 5.74) is 4.45. The summed E-state index contributed by atoms with van der Waals surface area (Å²) in [7, 11) is 0. The van der Waals surface area contributed by atoms with E-state index in [1.54, 1.807) is 12.1 Å². The number of hydrogen-bond acceptors (Lipinski definition) is 3. The first-order valence-corrected chi connectivity index (χ1v) is 13.9. The van der Waals surface area contributed by atoms with Gasteiger partial charge >= 0.3 is 0 Å². The first-order valence-electron chi connectivity index (χ1n) is 13.9. The van der Waals surface area contributed by atoms with Crippen LogP contribution in [0.2, 0.25) is 0 Å². The zero-order chi connectivity index (χ0) is 28.2. The molecule has 0 radical (unpaired) electrons. The molecule has 2 N–H and O–H groups in total. The lowest BCUT2D eigenvalue weighted by atomic mass is 9.99. The molecule has 0 spiro atoms. The van der Waals surface area contributed by atoms with Crippen LogP contribution in [0.5, 0.6) is 11.5 Å². The van der Waals surface area contributed by atoms with Gasteiger partial charge in [0.15, 0.2) is 0 Å². The molecule has 0 aromatic heterocycles. The van der Waals surface area contributed by atoms with Crippen molar-refractivity contribution in [1.82, 2.24) is 5.32 Å². The molecule has 0 aliphatic rings. The summed E-state index contributed by atoms with van der Waals surface area (Å²) >= 11 is 0. The maximum atomic E-state index is 13.0. The molecular weight excluding hydrogens is 494 g/mol. The van der Waals surface area contributed by atoms with Gasteiger partial charge in [-0.25, -0.2) is 0 Å². The molecule has 4 heteroatoms. The lowest BCUT2D eigenvalue weighted by Crippen LogP contribution is -2.25. The Morgan fingerprint density at radius 2 is 1.65 bits per heavy atom. The normalized spacial score (nSPS) is 12.2. The lowest BCUT2D eigenvalue weighted by molar-refractivity contribution is 0.0952. The summed E-state index contributed by atoms with van der Waals surface area (Å²) in [6, 6.07) is 29.5. The third-order valence-corrected chi connectivity index (χ3v) is 6.63. The van der Waals surface area contributed by atoms with Crippen LogP contribution in [0.25, 0.3) is 23.3 Å². The first-order chi connectivity index (χ1) is 19.6. The highest BCUT2D eigenvalue weighted by molar-refractivity contribution is 5.95. The van der Waals surface area contributed by atoms with E-state index >= 15 is 0 Å². The van der Waals surface area contributed by atoms with Gasteiger partial charge in [-0.1, -0.05) is 91.9 Å². The van der Waals surface area contributed by atoms with Crippen molar-refractivity contribution in [3.05, 3.63) is 130 Å². The van der Waals surface area contributed by atoms with E-state index in [2.05, 4.69) is 23.5 Å². The fourth-order valence-corrected chi connectivity index (χ4v) is 4.58. The zero-order valence-corrected chi connectivity index (χ0v) is 23.3. The van der Waals surface area contributed by atoms with Crippen LogP contribution in [-0.4, -0.2) is 17.6 Å². The molecule has 0 saturated carbocycles. The van der Waals surface area contributed by atoms with Gasteiger partial charge in [0.25, 0.3) is 5.91 Å². The summed E-state index contributed by atoms with van der Waals surface area (Å²) in [5, 5.41) is 15.7. The average Bonchev–Trinajstić information content (AvgIpc) is 2.99. The number of aromatic hydroxyl groups is 1. The Bertz CT molecular complexity index is 1560. The number of aryl methyl sites for hydroxylation is 1. The van der Waals surface area contributed by atoms with Crippen molar-refractivity contribution < 1.29 is 14.6 Å². The van der Waals surface area contributed by atoms with Gasteiger partial charge in [0, 0.05) is 22.9 Å². The van der Waals surface area contributed by atoms with Gasteiger partial charge in [0.2, 0.25) is 0 Å². The highest BCUT2D eigenvalue weighted by Crippen LogP contribution is 2.32. The average molecular weight is 532 g/mol. The van der Waals surface area contributed by atoms with E-state index in [1.165, 1.54) is 5.56 Å². The standard InChI is InChI=1S/C36H37NO3/c1-3-5-19-29-23-31(24-34(38)32(29)13-4-2)33-21-20-30(25-35(33)40-26-28-16-10-7-11-17-28)36(39)37-22-12-18-27-14-8-6-9-15-27/h3,5-11,13-17,19-21,23-25,38H,4,12,18,22,26H2,1-2H3,(H,37,39)/b5-3-,29-19-,32-13-. The van der Waals surface area contributed by atoms with E-state index in [9.17, 15) is 9.90 Å². The summed E-state index contributed by atoms with van der Waals surface area (Å²) in [5.74, 6) is 0.663. The number of amides is 1. The molecule has 0 atom stereocenters. The Morgan fingerprint density at radius 3 is 2.35 bits per heavy atom. The maximum Gasteiger partial charge on any atom is 0.251 e. The number of ether oxygens (including phenoxy) is 1. The van der Waals surface area contributed by atoms with Gasteiger partial charge in [0.1, 0.15) is 18.1 Å². The molecule has 4 rings (SSSR count). The molecule has 4 aromatic rings. The third-order valence-electron chi connectivity index (χ3n) is 6.63. The molecule has 40 heavy (non-hydrogen) atoms. The smallest absolute Gasteiger partial charge is 0.251 e. The van der Waals surface area contributed by atoms with Crippen LogP contribution in [0, 0.1) is 0 Å². The number of allylic oxidation sites excluding steroid dienone is 2. The van der Waals surface area contributed by atoms with Gasteiger partial charge in [0.05, 0.1) is 0 Å². The second-order valence-corrected chi connectivity index (χ2v) is 9.63. The van der Waals surface area contributed by atoms with Gasteiger partial charge < -0.3 is 15.2 Å². The van der Waals surface area contributed by atoms with E-state index in [0.717, 1.165) is 46.4 Å². The molecule has 0 unspecified atom stereocenters. The van der Waals surface area contributed by atoms with E-state index < -0.39 is 0 Å². The largest absolute Gasteiger partial charge is 0.507 e. The van der Waals surface area contributed by atoms with Crippen molar-refractivity contribution >= 4 is 18.1 Å². The maximum absolute atomic E-state index is 13.0. The molecule has 0 fully saturated rings. The summed E-state index contributed by atoms with van der Waals surface area (Å²) in [6.07, 6.45) is 10.5. The molecule has 0 saturated heterocycles.